The summed E-state index contributed by atoms with van der Waals surface area (Å²) < 4.78 is 24.6. The van der Waals surface area contributed by atoms with Crippen LogP contribution in [0.25, 0.3) is 5.69 Å². The molecular formula is C20H23ClN4O2S. The highest BCUT2D eigenvalue weighted by Gasteiger charge is 2.20. The number of benzene rings is 2. The van der Waals surface area contributed by atoms with E-state index in [1.165, 1.54) is 12.1 Å². The van der Waals surface area contributed by atoms with Gasteiger partial charge in [0.25, 0.3) is 0 Å². The molecule has 1 unspecified atom stereocenters. The van der Waals surface area contributed by atoms with Crippen molar-refractivity contribution in [2.24, 2.45) is 5.14 Å². The van der Waals surface area contributed by atoms with E-state index >= 15 is 0 Å². The minimum atomic E-state index is -3.69. The number of halogens is 1. The van der Waals surface area contributed by atoms with Crippen molar-refractivity contribution < 1.29 is 8.42 Å². The molecule has 1 heterocycles. The molecule has 2 N–H and O–H groups in total. The molecule has 1 atom stereocenters. The van der Waals surface area contributed by atoms with Crippen molar-refractivity contribution in [3.63, 3.8) is 0 Å². The molecule has 8 heteroatoms. The summed E-state index contributed by atoms with van der Waals surface area (Å²) in [5.74, 6) is 0. The van der Waals surface area contributed by atoms with E-state index in [4.69, 9.17) is 16.7 Å². The molecule has 6 nitrogen and oxygen atoms in total. The lowest BCUT2D eigenvalue weighted by molar-refractivity contribution is 0.252. The van der Waals surface area contributed by atoms with Crippen molar-refractivity contribution in [2.75, 3.05) is 7.05 Å². The van der Waals surface area contributed by atoms with E-state index < -0.39 is 10.0 Å². The molecule has 0 aliphatic heterocycles. The maximum absolute atomic E-state index is 11.4. The Morgan fingerprint density at radius 1 is 1.14 bits per heavy atom. The molecule has 1 aromatic heterocycles. The molecule has 0 radical (unpaired) electrons. The van der Waals surface area contributed by atoms with Crippen molar-refractivity contribution in [2.45, 2.75) is 31.3 Å². The average Bonchev–Trinajstić information content (AvgIpc) is 2.95. The molecule has 0 aliphatic rings. The predicted molar refractivity (Wildman–Crippen MR) is 111 cm³/mol. The van der Waals surface area contributed by atoms with Gasteiger partial charge in [-0.15, -0.1) is 0 Å². The Hall–Kier alpha value is -2.19. The SMILES string of the molecule is Cc1nn(-c2ccccc2)c(Cl)c1CN(C)C(C)c1ccc(S(N)(=O)=O)cc1. The largest absolute Gasteiger partial charge is 0.295 e. The van der Waals surface area contributed by atoms with Gasteiger partial charge in [0.2, 0.25) is 10.0 Å². The number of sulfonamides is 1. The summed E-state index contributed by atoms with van der Waals surface area (Å²) in [7, 11) is -1.70. The lowest BCUT2D eigenvalue weighted by Gasteiger charge is -2.25. The van der Waals surface area contributed by atoms with Crippen LogP contribution in [0.3, 0.4) is 0 Å². The Kier molecular flexibility index (Phi) is 5.90. The molecule has 0 fully saturated rings. The molecule has 2 aromatic carbocycles. The van der Waals surface area contributed by atoms with Gasteiger partial charge in [0, 0.05) is 18.2 Å². The van der Waals surface area contributed by atoms with Crippen molar-refractivity contribution in [3.8, 4) is 5.69 Å². The number of hydrogen-bond donors (Lipinski definition) is 1. The molecule has 28 heavy (non-hydrogen) atoms. The van der Waals surface area contributed by atoms with Gasteiger partial charge in [0.15, 0.2) is 0 Å². The fraction of sp³-hybridized carbons (Fsp3) is 0.250. The fourth-order valence-corrected chi connectivity index (χ4v) is 3.88. The lowest BCUT2D eigenvalue weighted by atomic mass is 10.1. The number of aromatic nitrogens is 2. The molecule has 0 aliphatic carbocycles. The Labute approximate surface area is 170 Å². The molecule has 0 saturated heterocycles. The minimum Gasteiger partial charge on any atom is -0.295 e. The maximum atomic E-state index is 11.4. The highest BCUT2D eigenvalue weighted by Crippen LogP contribution is 2.28. The summed E-state index contributed by atoms with van der Waals surface area (Å²) in [6.07, 6.45) is 0. The van der Waals surface area contributed by atoms with Gasteiger partial charge in [-0.1, -0.05) is 41.9 Å². The number of aryl methyl sites for hydroxylation is 1. The molecule has 0 spiro atoms. The van der Waals surface area contributed by atoms with Crippen LogP contribution in [0.5, 0.6) is 0 Å². The van der Waals surface area contributed by atoms with Gasteiger partial charge >= 0.3 is 0 Å². The number of nitrogens with two attached hydrogens (primary N) is 1. The first-order valence-electron chi connectivity index (χ1n) is 8.81. The summed E-state index contributed by atoms with van der Waals surface area (Å²) in [4.78, 5) is 2.24. The van der Waals surface area contributed by atoms with Gasteiger partial charge in [-0.2, -0.15) is 5.10 Å². The van der Waals surface area contributed by atoms with Gasteiger partial charge in [0.1, 0.15) is 5.15 Å². The number of rotatable bonds is 6. The molecule has 148 valence electrons. The van der Waals surface area contributed by atoms with E-state index in [1.807, 2.05) is 44.3 Å². The minimum absolute atomic E-state index is 0.0464. The summed E-state index contributed by atoms with van der Waals surface area (Å²) in [5, 5.41) is 10.3. The van der Waals surface area contributed by atoms with Crippen LogP contribution in [0.2, 0.25) is 5.15 Å². The van der Waals surface area contributed by atoms with Crippen LogP contribution >= 0.6 is 11.6 Å². The monoisotopic (exact) mass is 418 g/mol. The second kappa shape index (κ2) is 8.05. The van der Waals surface area contributed by atoms with E-state index in [-0.39, 0.29) is 10.9 Å². The quantitative estimate of drug-likeness (QED) is 0.662. The lowest BCUT2D eigenvalue weighted by Crippen LogP contribution is -2.22. The van der Waals surface area contributed by atoms with E-state index in [1.54, 1.807) is 16.8 Å². The first-order valence-corrected chi connectivity index (χ1v) is 10.7. The van der Waals surface area contributed by atoms with Crippen LogP contribution in [0.1, 0.15) is 29.8 Å². The summed E-state index contributed by atoms with van der Waals surface area (Å²) in [5.41, 5.74) is 3.73. The van der Waals surface area contributed by atoms with Crippen molar-refractivity contribution in [3.05, 3.63) is 76.6 Å². The topological polar surface area (TPSA) is 81.2 Å². The highest BCUT2D eigenvalue weighted by molar-refractivity contribution is 7.89. The van der Waals surface area contributed by atoms with E-state index in [2.05, 4.69) is 16.9 Å². The first kappa shape index (κ1) is 20.5. The zero-order valence-corrected chi connectivity index (χ0v) is 17.6. The van der Waals surface area contributed by atoms with Gasteiger partial charge in [-0.05, 0) is 50.7 Å². The van der Waals surface area contributed by atoms with Crippen LogP contribution in [0.15, 0.2) is 59.5 Å². The number of hydrogen-bond acceptors (Lipinski definition) is 4. The highest BCUT2D eigenvalue weighted by atomic mass is 35.5. The Morgan fingerprint density at radius 2 is 1.75 bits per heavy atom. The summed E-state index contributed by atoms with van der Waals surface area (Å²) >= 11 is 6.62. The zero-order valence-electron chi connectivity index (χ0n) is 16.0. The Bertz CT molecular complexity index is 1060. The third kappa shape index (κ3) is 4.28. The fourth-order valence-electron chi connectivity index (χ4n) is 3.03. The van der Waals surface area contributed by atoms with Crippen LogP contribution < -0.4 is 5.14 Å². The molecule has 0 bridgehead atoms. The normalized spacial score (nSPS) is 13.1. The van der Waals surface area contributed by atoms with Crippen molar-refractivity contribution in [1.82, 2.24) is 14.7 Å². The van der Waals surface area contributed by atoms with Gasteiger partial charge < -0.3 is 0 Å². The maximum Gasteiger partial charge on any atom is 0.238 e. The zero-order chi connectivity index (χ0) is 20.5. The molecule has 3 rings (SSSR count). The van der Waals surface area contributed by atoms with Crippen molar-refractivity contribution >= 4 is 21.6 Å². The predicted octanol–water partition coefficient (Wildman–Crippen LogP) is 3.67. The van der Waals surface area contributed by atoms with Crippen LogP contribution in [-0.4, -0.2) is 30.1 Å². The number of primary sulfonamides is 1. The second-order valence-corrected chi connectivity index (χ2v) is 8.73. The standard InChI is InChI=1S/C20H23ClN4O2S/c1-14-19(20(21)25(23-14)17-7-5-4-6-8-17)13-24(3)15(2)16-9-11-18(12-10-16)28(22,26)27/h4-12,15H,13H2,1-3H3,(H2,22,26,27). The Morgan fingerprint density at radius 3 is 2.32 bits per heavy atom. The molecule has 0 saturated carbocycles. The first-order chi connectivity index (χ1) is 13.2. The second-order valence-electron chi connectivity index (χ2n) is 6.81. The van der Waals surface area contributed by atoms with Crippen molar-refractivity contribution in [1.29, 1.82) is 0 Å². The Balaban J connectivity index is 1.81. The number of nitrogens with zero attached hydrogens (tertiary/aromatic N) is 3. The summed E-state index contributed by atoms with van der Waals surface area (Å²) in [6, 6.07) is 16.4. The van der Waals surface area contributed by atoms with E-state index in [9.17, 15) is 8.42 Å². The molecule has 0 amide bonds. The van der Waals surface area contributed by atoms with Gasteiger partial charge in [0.05, 0.1) is 16.3 Å². The average molecular weight is 419 g/mol. The third-order valence-electron chi connectivity index (χ3n) is 4.88. The van der Waals surface area contributed by atoms with Crippen LogP contribution in [-0.2, 0) is 16.6 Å². The van der Waals surface area contributed by atoms with Gasteiger partial charge in [-0.25, -0.2) is 18.2 Å². The van der Waals surface area contributed by atoms with E-state index in [0.29, 0.717) is 11.7 Å². The van der Waals surface area contributed by atoms with E-state index in [0.717, 1.165) is 22.5 Å². The smallest absolute Gasteiger partial charge is 0.238 e. The molecule has 3 aromatic rings. The summed E-state index contributed by atoms with van der Waals surface area (Å²) in [6.45, 7) is 4.60. The molecular weight excluding hydrogens is 396 g/mol. The van der Waals surface area contributed by atoms with Crippen LogP contribution in [0.4, 0.5) is 0 Å². The van der Waals surface area contributed by atoms with Gasteiger partial charge in [-0.3, -0.25) is 4.90 Å². The number of para-hydroxylation sites is 1. The van der Waals surface area contributed by atoms with Crippen LogP contribution in [0, 0.1) is 6.92 Å². The third-order valence-corrected chi connectivity index (χ3v) is 6.20.